The first-order valence-electron chi connectivity index (χ1n) is 11.5. The maximum Gasteiger partial charge on any atom is 0.246 e. The maximum atomic E-state index is 12.8. The van der Waals surface area contributed by atoms with Gasteiger partial charge in [0, 0.05) is 54.4 Å². The molecule has 0 radical (unpaired) electrons. The van der Waals surface area contributed by atoms with Crippen LogP contribution in [0, 0.1) is 5.92 Å². The summed E-state index contributed by atoms with van der Waals surface area (Å²) in [6.07, 6.45) is 5.56. The van der Waals surface area contributed by atoms with Crippen molar-refractivity contribution in [2.75, 3.05) is 32.3 Å². The molecule has 34 heavy (non-hydrogen) atoms. The van der Waals surface area contributed by atoms with Gasteiger partial charge >= 0.3 is 0 Å². The zero-order valence-corrected chi connectivity index (χ0v) is 19.3. The van der Waals surface area contributed by atoms with E-state index >= 15 is 0 Å². The van der Waals surface area contributed by atoms with Gasteiger partial charge < -0.3 is 29.2 Å². The summed E-state index contributed by atoms with van der Waals surface area (Å²) in [5.74, 6) is 2.61. The molecule has 0 aromatic heterocycles. The van der Waals surface area contributed by atoms with E-state index in [0.29, 0.717) is 43.1 Å². The van der Waals surface area contributed by atoms with Crippen molar-refractivity contribution >= 4 is 23.6 Å². The summed E-state index contributed by atoms with van der Waals surface area (Å²) >= 11 is 0. The molecule has 0 bridgehead atoms. The van der Waals surface area contributed by atoms with Gasteiger partial charge in [0.15, 0.2) is 11.5 Å². The molecule has 0 saturated carbocycles. The summed E-state index contributed by atoms with van der Waals surface area (Å²) in [6, 6.07) is 9.26. The van der Waals surface area contributed by atoms with Crippen LogP contribution in [0.3, 0.4) is 0 Å². The van der Waals surface area contributed by atoms with E-state index in [1.807, 2.05) is 19.1 Å². The van der Waals surface area contributed by atoms with Crippen molar-refractivity contribution in [2.45, 2.75) is 32.3 Å². The largest absolute Gasteiger partial charge is 0.496 e. The van der Waals surface area contributed by atoms with Crippen LogP contribution in [0.5, 0.6) is 23.0 Å². The Morgan fingerprint density at radius 2 is 1.88 bits per heavy atom. The average Bonchev–Trinajstić information content (AvgIpc) is 3.46. The van der Waals surface area contributed by atoms with Crippen molar-refractivity contribution in [2.24, 2.45) is 5.92 Å². The molecular formula is C26H28N2O6. The third-order valence-corrected chi connectivity index (χ3v) is 6.47. The third kappa shape index (κ3) is 4.53. The highest BCUT2D eigenvalue weighted by molar-refractivity contribution is 5.94. The van der Waals surface area contributed by atoms with Crippen LogP contribution in [0.2, 0.25) is 0 Å². The Morgan fingerprint density at radius 3 is 2.68 bits per heavy atom. The quantitative estimate of drug-likeness (QED) is 0.680. The van der Waals surface area contributed by atoms with Crippen LogP contribution in [0.1, 0.15) is 30.9 Å². The van der Waals surface area contributed by atoms with Crippen molar-refractivity contribution in [3.05, 3.63) is 47.5 Å². The lowest BCUT2D eigenvalue weighted by Crippen LogP contribution is -2.40. The van der Waals surface area contributed by atoms with Crippen LogP contribution in [-0.2, 0) is 16.0 Å². The number of benzene rings is 2. The maximum absolute atomic E-state index is 12.8. The molecule has 178 valence electrons. The van der Waals surface area contributed by atoms with Crippen molar-refractivity contribution in [3.63, 3.8) is 0 Å². The zero-order valence-electron chi connectivity index (χ0n) is 19.3. The minimum Gasteiger partial charge on any atom is -0.496 e. The van der Waals surface area contributed by atoms with Gasteiger partial charge in [0.25, 0.3) is 0 Å². The normalized spacial score (nSPS) is 19.1. The van der Waals surface area contributed by atoms with Gasteiger partial charge in [-0.25, -0.2) is 0 Å². The number of piperidine rings is 1. The van der Waals surface area contributed by atoms with Gasteiger partial charge in [0.2, 0.25) is 18.6 Å². The number of likely N-dealkylation sites (tertiary alicyclic amines) is 1. The Hall–Kier alpha value is -3.68. The summed E-state index contributed by atoms with van der Waals surface area (Å²) in [7, 11) is 1.62. The Morgan fingerprint density at radius 1 is 1.09 bits per heavy atom. The number of hydrogen-bond donors (Lipinski definition) is 1. The SMILES string of the molecule is COc1cc2c(cc1/C=C/C(=O)N1CCC(C(=O)Nc3ccc4c(c3)OCO4)CC1)OC(C)C2. The lowest BCUT2D eigenvalue weighted by atomic mass is 9.95. The topological polar surface area (TPSA) is 86.3 Å². The lowest BCUT2D eigenvalue weighted by molar-refractivity contribution is -0.130. The Kier molecular flexibility index (Phi) is 6.04. The third-order valence-electron chi connectivity index (χ3n) is 6.47. The molecule has 3 aliphatic rings. The van der Waals surface area contributed by atoms with Gasteiger partial charge in [0.1, 0.15) is 17.6 Å². The first-order chi connectivity index (χ1) is 16.5. The average molecular weight is 465 g/mol. The summed E-state index contributed by atoms with van der Waals surface area (Å²) < 4.78 is 22.0. The molecular weight excluding hydrogens is 436 g/mol. The highest BCUT2D eigenvalue weighted by atomic mass is 16.7. The van der Waals surface area contributed by atoms with E-state index in [4.69, 9.17) is 18.9 Å². The lowest BCUT2D eigenvalue weighted by Gasteiger charge is -2.30. The monoisotopic (exact) mass is 464 g/mol. The number of carbonyl (C=O) groups excluding carboxylic acids is 2. The first kappa shape index (κ1) is 22.1. The highest BCUT2D eigenvalue weighted by Crippen LogP contribution is 2.36. The number of rotatable bonds is 5. The molecule has 0 aliphatic carbocycles. The fraction of sp³-hybridized carbons (Fsp3) is 0.385. The Balaban J connectivity index is 1.16. The number of nitrogens with one attached hydrogen (secondary N) is 1. The van der Waals surface area contributed by atoms with E-state index in [2.05, 4.69) is 5.32 Å². The van der Waals surface area contributed by atoms with E-state index in [9.17, 15) is 9.59 Å². The van der Waals surface area contributed by atoms with E-state index in [1.165, 1.54) is 0 Å². The van der Waals surface area contributed by atoms with Gasteiger partial charge in [-0.15, -0.1) is 0 Å². The molecule has 8 heteroatoms. The molecule has 1 unspecified atom stereocenters. The van der Waals surface area contributed by atoms with Crippen molar-refractivity contribution in [1.82, 2.24) is 4.90 Å². The summed E-state index contributed by atoms with van der Waals surface area (Å²) in [4.78, 5) is 27.3. The number of nitrogens with zero attached hydrogens (tertiary/aromatic N) is 1. The number of hydrogen-bond acceptors (Lipinski definition) is 6. The fourth-order valence-corrected chi connectivity index (χ4v) is 4.61. The van der Waals surface area contributed by atoms with Gasteiger partial charge in [-0.1, -0.05) is 0 Å². The first-order valence-corrected chi connectivity index (χ1v) is 11.5. The smallest absolute Gasteiger partial charge is 0.246 e. The highest BCUT2D eigenvalue weighted by Gasteiger charge is 2.27. The van der Waals surface area contributed by atoms with Crippen molar-refractivity contribution in [3.8, 4) is 23.0 Å². The summed E-state index contributed by atoms with van der Waals surface area (Å²) in [5.41, 5.74) is 2.60. The van der Waals surface area contributed by atoms with Gasteiger partial charge in [-0.3, -0.25) is 9.59 Å². The fourth-order valence-electron chi connectivity index (χ4n) is 4.61. The molecule has 2 aromatic carbocycles. The number of amides is 2. The standard InChI is InChI=1S/C26H28N2O6/c1-16-11-19-13-22(31-2)18(12-23(19)34-16)3-6-25(29)28-9-7-17(8-10-28)26(30)27-20-4-5-21-24(14-20)33-15-32-21/h3-6,12-14,16-17H,7-11,15H2,1-2H3,(H,27,30)/b6-3+. The van der Waals surface area contributed by atoms with Crippen LogP contribution in [0.25, 0.3) is 6.08 Å². The van der Waals surface area contributed by atoms with Crippen LogP contribution in [0.15, 0.2) is 36.4 Å². The minimum atomic E-state index is -0.144. The Labute approximate surface area is 198 Å². The van der Waals surface area contributed by atoms with Crippen molar-refractivity contribution in [1.29, 1.82) is 0 Å². The molecule has 1 atom stereocenters. The van der Waals surface area contributed by atoms with Gasteiger partial charge in [0.05, 0.1) is 7.11 Å². The summed E-state index contributed by atoms with van der Waals surface area (Å²) in [6.45, 7) is 3.29. The number of anilines is 1. The second-order valence-corrected chi connectivity index (χ2v) is 8.82. The number of ether oxygens (including phenoxy) is 4. The molecule has 0 spiro atoms. The van der Waals surface area contributed by atoms with Crippen molar-refractivity contribution < 1.29 is 28.5 Å². The number of methoxy groups -OCH3 is 1. The Bertz CT molecular complexity index is 1140. The molecule has 5 rings (SSSR count). The molecule has 1 saturated heterocycles. The van der Waals surface area contributed by atoms with Crippen LogP contribution < -0.4 is 24.3 Å². The second kappa shape index (κ2) is 9.29. The van der Waals surface area contributed by atoms with E-state index in [-0.39, 0.29) is 30.6 Å². The molecule has 2 aromatic rings. The predicted molar refractivity (Wildman–Crippen MR) is 126 cm³/mol. The molecule has 8 nitrogen and oxygen atoms in total. The summed E-state index contributed by atoms with van der Waals surface area (Å²) in [5, 5.41) is 2.95. The zero-order chi connectivity index (χ0) is 23.7. The van der Waals surface area contributed by atoms with E-state index in [0.717, 1.165) is 29.0 Å². The van der Waals surface area contributed by atoms with Crippen LogP contribution >= 0.6 is 0 Å². The van der Waals surface area contributed by atoms with E-state index < -0.39 is 0 Å². The molecule has 1 fully saturated rings. The molecule has 1 N–H and O–H groups in total. The minimum absolute atomic E-state index is 0.0430. The number of fused-ring (bicyclic) bond motifs is 2. The number of carbonyl (C=O) groups is 2. The second-order valence-electron chi connectivity index (χ2n) is 8.82. The molecule has 2 amide bonds. The van der Waals surface area contributed by atoms with E-state index in [1.54, 1.807) is 42.4 Å². The van der Waals surface area contributed by atoms with Gasteiger partial charge in [-0.05, 0) is 50.1 Å². The van der Waals surface area contributed by atoms with Gasteiger partial charge in [-0.2, -0.15) is 0 Å². The van der Waals surface area contributed by atoms with Crippen LogP contribution in [-0.4, -0.2) is 49.8 Å². The molecule has 3 aliphatic heterocycles. The molecule has 3 heterocycles. The predicted octanol–water partition coefficient (Wildman–Crippen LogP) is 3.64. The van der Waals surface area contributed by atoms with Crippen LogP contribution in [0.4, 0.5) is 5.69 Å².